The molecule has 0 aliphatic carbocycles. The zero-order chi connectivity index (χ0) is 13.4. The summed E-state index contributed by atoms with van der Waals surface area (Å²) in [4.78, 5) is 32.9. The van der Waals surface area contributed by atoms with Crippen LogP contribution in [0, 0.1) is 0 Å². The van der Waals surface area contributed by atoms with Crippen molar-refractivity contribution in [3.63, 3.8) is 0 Å². The Morgan fingerprint density at radius 1 is 1.37 bits per heavy atom. The first-order valence-corrected chi connectivity index (χ1v) is 6.09. The van der Waals surface area contributed by atoms with Gasteiger partial charge in [0.25, 0.3) is 11.3 Å². The lowest BCUT2D eigenvalue weighted by molar-refractivity contribution is -0.136. The highest BCUT2D eigenvalue weighted by molar-refractivity contribution is 5.69. The lowest BCUT2D eigenvalue weighted by Gasteiger charge is -2.11. The summed E-state index contributed by atoms with van der Waals surface area (Å²) in [5, 5.41) is 11.6. The van der Waals surface area contributed by atoms with Crippen LogP contribution in [0.5, 0.6) is 0 Å². The molecule has 100 valence electrons. The standard InChI is InChI=1S/C11H13N5O3/c17-8-5-7(6-9(18)19)12-10-13-11(14-16(8)10)15-3-1-2-4-15/h5H,1-4,6H2,(H,18,19)(H,12,13,14). The van der Waals surface area contributed by atoms with E-state index in [4.69, 9.17) is 5.11 Å². The minimum absolute atomic E-state index is 0.214. The Morgan fingerprint density at radius 3 is 2.79 bits per heavy atom. The van der Waals surface area contributed by atoms with E-state index < -0.39 is 5.97 Å². The predicted molar refractivity (Wildman–Crippen MR) is 66.4 cm³/mol. The number of carbonyl (C=O) groups is 1. The van der Waals surface area contributed by atoms with Gasteiger partial charge in [-0.3, -0.25) is 14.7 Å². The molecule has 0 atom stereocenters. The zero-order valence-electron chi connectivity index (χ0n) is 10.2. The highest BCUT2D eigenvalue weighted by atomic mass is 16.4. The van der Waals surface area contributed by atoms with Crippen LogP contribution in [0.15, 0.2) is 10.9 Å². The predicted octanol–water partition coefficient (Wildman–Crippen LogP) is -0.355. The van der Waals surface area contributed by atoms with Gasteiger partial charge in [-0.15, -0.1) is 0 Å². The smallest absolute Gasteiger partial charge is 0.309 e. The molecular formula is C11H13N5O3. The topological polar surface area (TPSA) is 104 Å². The summed E-state index contributed by atoms with van der Waals surface area (Å²) in [7, 11) is 0. The maximum Gasteiger partial charge on any atom is 0.309 e. The lowest BCUT2D eigenvalue weighted by atomic mass is 10.3. The number of aromatic nitrogens is 4. The highest BCUT2D eigenvalue weighted by Crippen LogP contribution is 2.15. The van der Waals surface area contributed by atoms with Crippen molar-refractivity contribution in [1.29, 1.82) is 0 Å². The quantitative estimate of drug-likeness (QED) is 0.784. The van der Waals surface area contributed by atoms with Gasteiger partial charge in [-0.1, -0.05) is 0 Å². The number of aromatic amines is 1. The minimum Gasteiger partial charge on any atom is -0.481 e. The molecule has 0 unspecified atom stereocenters. The minimum atomic E-state index is -1.02. The number of rotatable bonds is 3. The Hall–Kier alpha value is -2.38. The van der Waals surface area contributed by atoms with E-state index in [-0.39, 0.29) is 23.5 Å². The normalized spacial score (nSPS) is 15.3. The molecule has 0 radical (unpaired) electrons. The number of H-pyrrole nitrogens is 1. The Kier molecular flexibility index (Phi) is 2.69. The fraction of sp³-hybridized carbons (Fsp3) is 0.455. The lowest BCUT2D eigenvalue weighted by Crippen LogP contribution is -2.20. The third-order valence-corrected chi connectivity index (χ3v) is 3.11. The molecule has 1 fully saturated rings. The van der Waals surface area contributed by atoms with E-state index in [1.165, 1.54) is 10.6 Å². The van der Waals surface area contributed by atoms with Gasteiger partial charge in [0.1, 0.15) is 0 Å². The van der Waals surface area contributed by atoms with Crippen molar-refractivity contribution in [3.8, 4) is 0 Å². The van der Waals surface area contributed by atoms with Crippen LogP contribution in [0.3, 0.4) is 0 Å². The number of aliphatic carboxylic acids is 1. The Morgan fingerprint density at radius 2 is 2.11 bits per heavy atom. The second kappa shape index (κ2) is 4.38. The first-order valence-electron chi connectivity index (χ1n) is 6.09. The van der Waals surface area contributed by atoms with Gasteiger partial charge in [0.15, 0.2) is 0 Å². The van der Waals surface area contributed by atoms with Crippen LogP contribution in [0.1, 0.15) is 18.5 Å². The Labute approximate surface area is 107 Å². The molecule has 0 saturated carbocycles. The summed E-state index contributed by atoms with van der Waals surface area (Å²) in [6.45, 7) is 1.80. The Bertz CT molecular complexity index is 683. The van der Waals surface area contributed by atoms with E-state index in [9.17, 15) is 9.59 Å². The molecule has 0 aromatic carbocycles. The summed E-state index contributed by atoms with van der Waals surface area (Å²) >= 11 is 0. The first-order chi connectivity index (χ1) is 9.13. The molecule has 0 spiro atoms. The molecule has 1 saturated heterocycles. The van der Waals surface area contributed by atoms with Gasteiger partial charge in [0.2, 0.25) is 5.95 Å². The fourth-order valence-corrected chi connectivity index (χ4v) is 2.23. The van der Waals surface area contributed by atoms with Gasteiger partial charge in [-0.2, -0.15) is 9.50 Å². The van der Waals surface area contributed by atoms with Crippen LogP contribution >= 0.6 is 0 Å². The second-order valence-corrected chi connectivity index (χ2v) is 4.53. The average Bonchev–Trinajstić information content (AvgIpc) is 2.95. The van der Waals surface area contributed by atoms with Crippen LogP contribution < -0.4 is 10.5 Å². The summed E-state index contributed by atoms with van der Waals surface area (Å²) in [6.07, 6.45) is 1.92. The molecule has 2 aromatic rings. The monoisotopic (exact) mass is 263 g/mol. The Balaban J connectivity index is 2.04. The number of carboxylic acid groups (broad SMARTS) is 1. The first kappa shape index (κ1) is 11.7. The van der Waals surface area contributed by atoms with E-state index >= 15 is 0 Å². The van der Waals surface area contributed by atoms with Crippen molar-refractivity contribution >= 4 is 17.7 Å². The fourth-order valence-electron chi connectivity index (χ4n) is 2.23. The number of hydrogen-bond acceptors (Lipinski definition) is 5. The molecule has 3 heterocycles. The number of anilines is 1. The third kappa shape index (κ3) is 2.16. The second-order valence-electron chi connectivity index (χ2n) is 4.53. The van der Waals surface area contributed by atoms with Gasteiger partial charge in [-0.05, 0) is 12.8 Å². The summed E-state index contributed by atoms with van der Waals surface area (Å²) < 4.78 is 1.24. The van der Waals surface area contributed by atoms with Gasteiger partial charge in [-0.25, -0.2) is 4.98 Å². The van der Waals surface area contributed by atoms with Crippen LogP contribution in [0.25, 0.3) is 5.78 Å². The van der Waals surface area contributed by atoms with Crippen molar-refractivity contribution in [3.05, 3.63) is 22.1 Å². The zero-order valence-corrected chi connectivity index (χ0v) is 10.2. The van der Waals surface area contributed by atoms with Crippen molar-refractivity contribution in [2.24, 2.45) is 0 Å². The number of hydrogen-bond donors (Lipinski definition) is 2. The maximum absolute atomic E-state index is 11.8. The van der Waals surface area contributed by atoms with Crippen LogP contribution in [-0.2, 0) is 11.2 Å². The molecule has 2 aromatic heterocycles. The van der Waals surface area contributed by atoms with Crippen molar-refractivity contribution < 1.29 is 9.90 Å². The van der Waals surface area contributed by atoms with E-state index in [1.54, 1.807) is 0 Å². The van der Waals surface area contributed by atoms with Gasteiger partial charge in [0, 0.05) is 19.2 Å². The third-order valence-electron chi connectivity index (χ3n) is 3.11. The molecule has 3 rings (SSSR count). The molecular weight excluding hydrogens is 250 g/mol. The van der Waals surface area contributed by atoms with Gasteiger partial charge in [0.05, 0.1) is 12.1 Å². The molecule has 1 aliphatic rings. The molecule has 2 N–H and O–H groups in total. The average molecular weight is 263 g/mol. The molecule has 0 amide bonds. The number of nitrogens with zero attached hydrogens (tertiary/aromatic N) is 4. The molecule has 19 heavy (non-hydrogen) atoms. The van der Waals surface area contributed by atoms with Crippen LogP contribution in [0.2, 0.25) is 0 Å². The van der Waals surface area contributed by atoms with E-state index in [2.05, 4.69) is 15.1 Å². The number of fused-ring (bicyclic) bond motifs is 1. The van der Waals surface area contributed by atoms with Gasteiger partial charge >= 0.3 is 5.97 Å². The van der Waals surface area contributed by atoms with E-state index in [0.717, 1.165) is 25.9 Å². The van der Waals surface area contributed by atoms with E-state index in [1.807, 2.05) is 4.90 Å². The van der Waals surface area contributed by atoms with Crippen molar-refractivity contribution in [1.82, 2.24) is 19.6 Å². The molecule has 1 aliphatic heterocycles. The SMILES string of the molecule is O=C(O)Cc1cc(=O)n2[nH]c(N3CCCC3)nc2n1. The molecule has 8 nitrogen and oxygen atoms in total. The highest BCUT2D eigenvalue weighted by Gasteiger charge is 2.17. The number of nitrogens with one attached hydrogen (secondary N) is 1. The summed E-state index contributed by atoms with van der Waals surface area (Å²) in [5.74, 6) is -0.202. The van der Waals surface area contributed by atoms with Crippen molar-refractivity contribution in [2.75, 3.05) is 18.0 Å². The largest absolute Gasteiger partial charge is 0.481 e. The van der Waals surface area contributed by atoms with Crippen molar-refractivity contribution in [2.45, 2.75) is 19.3 Å². The number of carboxylic acids is 1. The maximum atomic E-state index is 11.8. The van der Waals surface area contributed by atoms with Gasteiger partial charge < -0.3 is 10.0 Å². The summed E-state index contributed by atoms with van der Waals surface area (Å²) in [6, 6.07) is 1.22. The van der Waals surface area contributed by atoms with Crippen LogP contribution in [-0.4, -0.2) is 43.7 Å². The molecule has 8 heteroatoms. The molecule has 0 bridgehead atoms. The van der Waals surface area contributed by atoms with E-state index in [0.29, 0.717) is 5.95 Å². The summed E-state index contributed by atoms with van der Waals surface area (Å²) in [5.41, 5.74) is -0.129. The van der Waals surface area contributed by atoms with Crippen LogP contribution in [0.4, 0.5) is 5.95 Å².